The van der Waals surface area contributed by atoms with Crippen molar-refractivity contribution in [1.82, 2.24) is 10.3 Å². The smallest absolute Gasteiger partial charge is 0.406 e. The van der Waals surface area contributed by atoms with Gasteiger partial charge in [-0.15, -0.1) is 19.1 Å². The Balaban J connectivity index is 2.69. The van der Waals surface area contributed by atoms with Crippen LogP contribution in [0, 0.1) is 18.8 Å². The van der Waals surface area contributed by atoms with Crippen molar-refractivity contribution in [2.24, 2.45) is 0 Å². The predicted octanol–water partition coefficient (Wildman–Crippen LogP) is 2.69. The standard InChI is InChI=1S/C22H24F3N3O4/c1-4-5-10-28(3)21-14(2)20(15-6-8-16(9-7-15)32-22(23,24)25)27-17(11-26-13-30)19(21)18(31)12-29/h6-9,13,18,29,31H,10-12H2,1-3H3,(H,26,30). The molecule has 2 aromatic rings. The average molecular weight is 451 g/mol. The molecule has 172 valence electrons. The van der Waals surface area contributed by atoms with Gasteiger partial charge in [-0.2, -0.15) is 0 Å². The lowest BCUT2D eigenvalue weighted by Crippen LogP contribution is -2.25. The highest BCUT2D eigenvalue weighted by molar-refractivity contribution is 5.75. The molecule has 0 saturated heterocycles. The number of ether oxygens (including phenoxy) is 1. The van der Waals surface area contributed by atoms with Gasteiger partial charge in [0.15, 0.2) is 0 Å². The maximum atomic E-state index is 12.5. The Morgan fingerprint density at radius 1 is 1.31 bits per heavy atom. The molecular weight excluding hydrogens is 427 g/mol. The van der Waals surface area contributed by atoms with E-state index in [-0.39, 0.29) is 12.3 Å². The number of nitrogens with one attached hydrogen (secondary N) is 1. The summed E-state index contributed by atoms with van der Waals surface area (Å²) in [5, 5.41) is 22.6. The summed E-state index contributed by atoms with van der Waals surface area (Å²) in [6, 6.07) is 5.22. The number of halogens is 3. The van der Waals surface area contributed by atoms with E-state index in [1.165, 1.54) is 24.3 Å². The predicted molar refractivity (Wildman–Crippen MR) is 113 cm³/mol. The van der Waals surface area contributed by atoms with Crippen molar-refractivity contribution in [3.05, 3.63) is 41.1 Å². The van der Waals surface area contributed by atoms with Gasteiger partial charge in [0.05, 0.1) is 36.8 Å². The van der Waals surface area contributed by atoms with E-state index in [4.69, 9.17) is 0 Å². The molecule has 1 amide bonds. The lowest BCUT2D eigenvalue weighted by molar-refractivity contribution is -0.274. The van der Waals surface area contributed by atoms with E-state index in [9.17, 15) is 28.2 Å². The Bertz CT molecular complexity index is 999. The van der Waals surface area contributed by atoms with Gasteiger partial charge < -0.3 is 25.2 Å². The number of carbonyl (C=O) groups is 1. The average Bonchev–Trinajstić information content (AvgIpc) is 2.75. The number of benzene rings is 1. The van der Waals surface area contributed by atoms with Crippen molar-refractivity contribution in [3.8, 4) is 28.8 Å². The highest BCUT2D eigenvalue weighted by atomic mass is 19.4. The van der Waals surface area contributed by atoms with Crippen LogP contribution < -0.4 is 15.0 Å². The maximum Gasteiger partial charge on any atom is 0.573 e. The van der Waals surface area contributed by atoms with E-state index in [2.05, 4.69) is 26.9 Å². The zero-order chi connectivity index (χ0) is 23.9. The number of rotatable bonds is 9. The summed E-state index contributed by atoms with van der Waals surface area (Å²) in [7, 11) is 1.75. The second-order valence-electron chi connectivity index (χ2n) is 6.85. The van der Waals surface area contributed by atoms with Crippen LogP contribution in [0.15, 0.2) is 24.3 Å². The van der Waals surface area contributed by atoms with Crippen LogP contribution in [0.1, 0.15) is 29.8 Å². The zero-order valence-corrected chi connectivity index (χ0v) is 17.8. The molecule has 32 heavy (non-hydrogen) atoms. The molecule has 0 aliphatic carbocycles. The summed E-state index contributed by atoms with van der Waals surface area (Å²) >= 11 is 0. The number of aliphatic hydroxyl groups excluding tert-OH is 2. The van der Waals surface area contributed by atoms with Crippen LogP contribution in [-0.2, 0) is 11.3 Å². The Hall–Kier alpha value is -3.29. The van der Waals surface area contributed by atoms with Crippen molar-refractivity contribution in [2.45, 2.75) is 32.9 Å². The van der Waals surface area contributed by atoms with Gasteiger partial charge in [-0.1, -0.05) is 5.92 Å². The molecule has 7 nitrogen and oxygen atoms in total. The number of carbonyl (C=O) groups excluding carboxylic acids is 1. The van der Waals surface area contributed by atoms with Crippen molar-refractivity contribution >= 4 is 12.1 Å². The highest BCUT2D eigenvalue weighted by Crippen LogP contribution is 2.37. The van der Waals surface area contributed by atoms with Crippen LogP contribution in [-0.4, -0.2) is 48.2 Å². The van der Waals surface area contributed by atoms with Gasteiger partial charge in [0, 0.05) is 18.2 Å². The van der Waals surface area contributed by atoms with E-state index in [0.29, 0.717) is 46.7 Å². The number of alkyl halides is 3. The number of hydrogen-bond donors (Lipinski definition) is 3. The number of anilines is 1. The van der Waals surface area contributed by atoms with Crippen molar-refractivity contribution < 1.29 is 32.9 Å². The minimum atomic E-state index is -4.80. The van der Waals surface area contributed by atoms with E-state index >= 15 is 0 Å². The Labute approximate surface area is 183 Å². The molecule has 10 heteroatoms. The molecule has 0 spiro atoms. The summed E-state index contributed by atoms with van der Waals surface area (Å²) in [4.78, 5) is 17.2. The molecule has 1 heterocycles. The third kappa shape index (κ3) is 6.12. The Kier molecular flexibility index (Phi) is 8.46. The topological polar surface area (TPSA) is 94.9 Å². The third-order valence-electron chi connectivity index (χ3n) is 4.62. The van der Waals surface area contributed by atoms with Crippen LogP contribution in [0.25, 0.3) is 11.3 Å². The molecule has 3 N–H and O–H groups in total. The molecule has 0 saturated carbocycles. The van der Waals surface area contributed by atoms with Gasteiger partial charge in [-0.05, 0) is 43.7 Å². The number of aromatic nitrogens is 1. The molecule has 1 unspecified atom stereocenters. The number of amides is 1. The lowest BCUT2D eigenvalue weighted by Gasteiger charge is -2.28. The van der Waals surface area contributed by atoms with Crippen LogP contribution in [0.2, 0.25) is 0 Å². The molecule has 0 aliphatic heterocycles. The van der Waals surface area contributed by atoms with Gasteiger partial charge >= 0.3 is 6.36 Å². The van der Waals surface area contributed by atoms with E-state index in [0.717, 1.165) is 0 Å². The number of hydrogen-bond acceptors (Lipinski definition) is 6. The van der Waals surface area contributed by atoms with Crippen molar-refractivity contribution in [3.63, 3.8) is 0 Å². The number of nitrogens with zero attached hydrogens (tertiary/aromatic N) is 2. The normalized spacial score (nSPS) is 11.9. The molecule has 0 aliphatic rings. The van der Waals surface area contributed by atoms with Crippen LogP contribution in [0.5, 0.6) is 5.75 Å². The fourth-order valence-electron chi connectivity index (χ4n) is 3.31. The minimum Gasteiger partial charge on any atom is -0.406 e. The fraction of sp³-hybridized carbons (Fsp3) is 0.364. The molecule has 0 fully saturated rings. The SMILES string of the molecule is CC#CCN(C)c1c(C)c(-c2ccc(OC(F)(F)F)cc2)nc(CNC=O)c1C(O)CO. The summed E-state index contributed by atoms with van der Waals surface area (Å²) < 4.78 is 41.3. The van der Waals surface area contributed by atoms with Gasteiger partial charge in [-0.3, -0.25) is 9.78 Å². The Morgan fingerprint density at radius 2 is 1.97 bits per heavy atom. The highest BCUT2D eigenvalue weighted by Gasteiger charge is 2.31. The first-order valence-electron chi connectivity index (χ1n) is 9.59. The van der Waals surface area contributed by atoms with Gasteiger partial charge in [0.1, 0.15) is 11.9 Å². The van der Waals surface area contributed by atoms with E-state index in [1.807, 2.05) is 0 Å². The van der Waals surface area contributed by atoms with Crippen molar-refractivity contribution in [1.29, 1.82) is 0 Å². The largest absolute Gasteiger partial charge is 0.573 e. The lowest BCUT2D eigenvalue weighted by atomic mass is 9.96. The maximum absolute atomic E-state index is 12.5. The van der Waals surface area contributed by atoms with Gasteiger partial charge in [0.2, 0.25) is 6.41 Å². The molecule has 1 atom stereocenters. The minimum absolute atomic E-state index is 0.0290. The van der Waals surface area contributed by atoms with Crippen LogP contribution in [0.3, 0.4) is 0 Å². The molecular formula is C22H24F3N3O4. The molecule has 1 aromatic carbocycles. The molecule has 1 aromatic heterocycles. The second-order valence-corrected chi connectivity index (χ2v) is 6.85. The first-order chi connectivity index (χ1) is 15.1. The van der Waals surface area contributed by atoms with E-state index in [1.54, 1.807) is 25.8 Å². The van der Waals surface area contributed by atoms with E-state index < -0.39 is 19.1 Å². The van der Waals surface area contributed by atoms with Gasteiger partial charge in [-0.25, -0.2) is 0 Å². The fourth-order valence-corrected chi connectivity index (χ4v) is 3.31. The monoisotopic (exact) mass is 451 g/mol. The first kappa shape index (κ1) is 25.0. The number of pyridine rings is 1. The molecule has 2 rings (SSSR count). The molecule has 0 radical (unpaired) electrons. The number of aliphatic hydroxyl groups is 2. The van der Waals surface area contributed by atoms with Crippen LogP contribution >= 0.6 is 0 Å². The quantitative estimate of drug-likeness (QED) is 0.401. The Morgan fingerprint density at radius 3 is 2.50 bits per heavy atom. The zero-order valence-electron chi connectivity index (χ0n) is 17.8. The van der Waals surface area contributed by atoms with Crippen molar-refractivity contribution in [2.75, 3.05) is 25.1 Å². The first-order valence-corrected chi connectivity index (χ1v) is 9.59. The van der Waals surface area contributed by atoms with Gasteiger partial charge in [0.25, 0.3) is 0 Å². The third-order valence-corrected chi connectivity index (χ3v) is 4.62. The second kappa shape index (κ2) is 10.8. The summed E-state index contributed by atoms with van der Waals surface area (Å²) in [5.74, 6) is 5.34. The summed E-state index contributed by atoms with van der Waals surface area (Å²) in [6.07, 6.45) is -5.60. The summed E-state index contributed by atoms with van der Waals surface area (Å²) in [5.41, 5.74) is 2.75. The van der Waals surface area contributed by atoms with Crippen LogP contribution in [0.4, 0.5) is 18.9 Å². The summed E-state index contributed by atoms with van der Waals surface area (Å²) in [6.45, 7) is 3.15. The molecule has 0 bridgehead atoms.